The van der Waals surface area contributed by atoms with Crippen LogP contribution >= 0.6 is 0 Å². The normalized spacial score (nSPS) is 10.4. The predicted molar refractivity (Wildman–Crippen MR) is 69.9 cm³/mol. The molecule has 0 bridgehead atoms. The van der Waals surface area contributed by atoms with E-state index in [2.05, 4.69) is 13.2 Å². The maximum absolute atomic E-state index is 10.3. The molecule has 5 nitrogen and oxygen atoms in total. The van der Waals surface area contributed by atoms with Gasteiger partial charge in [0.25, 0.3) is 0 Å². The maximum atomic E-state index is 10.3. The van der Waals surface area contributed by atoms with Crippen LogP contribution in [0, 0.1) is 0 Å². The summed E-state index contributed by atoms with van der Waals surface area (Å²) in [6, 6.07) is 0. The minimum Gasteiger partial charge on any atom is -0.494 e. The van der Waals surface area contributed by atoms with Crippen molar-refractivity contribution in [3.8, 4) is 0 Å². The second kappa shape index (κ2) is 11.9. The Labute approximate surface area is 108 Å². The van der Waals surface area contributed by atoms with Gasteiger partial charge in [-0.3, -0.25) is 4.79 Å². The average Bonchev–Trinajstić information content (AvgIpc) is 2.34. The van der Waals surface area contributed by atoms with Crippen molar-refractivity contribution in [2.45, 2.75) is 6.42 Å². The van der Waals surface area contributed by atoms with E-state index >= 15 is 0 Å². The monoisotopic (exact) mass is 255 g/mol. The molecule has 0 radical (unpaired) electrons. The number of ether oxygens (including phenoxy) is 3. The molecular formula is C13H21NO4. The summed E-state index contributed by atoms with van der Waals surface area (Å²) in [4.78, 5) is 10.3. The van der Waals surface area contributed by atoms with Crippen LogP contribution in [-0.4, -0.2) is 38.9 Å². The fourth-order valence-electron chi connectivity index (χ4n) is 0.980. The van der Waals surface area contributed by atoms with E-state index in [1.165, 1.54) is 0 Å². The van der Waals surface area contributed by atoms with Gasteiger partial charge in [-0.25, -0.2) is 0 Å². The molecule has 102 valence electrons. The molecule has 2 N–H and O–H groups in total. The van der Waals surface area contributed by atoms with E-state index in [-0.39, 0.29) is 6.61 Å². The van der Waals surface area contributed by atoms with Gasteiger partial charge in [-0.2, -0.15) is 0 Å². The zero-order valence-corrected chi connectivity index (χ0v) is 10.6. The number of amides is 1. The Morgan fingerprint density at radius 1 is 1.17 bits per heavy atom. The van der Waals surface area contributed by atoms with Gasteiger partial charge in [-0.15, -0.1) is 0 Å². The number of hydrogen-bond acceptors (Lipinski definition) is 4. The number of rotatable bonds is 12. The van der Waals surface area contributed by atoms with Crippen molar-refractivity contribution >= 4 is 5.91 Å². The molecule has 0 saturated heterocycles. The van der Waals surface area contributed by atoms with Crippen LogP contribution in [0.15, 0.2) is 37.1 Å². The third-order valence-electron chi connectivity index (χ3n) is 1.75. The molecule has 0 aliphatic rings. The summed E-state index contributed by atoms with van der Waals surface area (Å²) in [7, 11) is 0. The number of allylic oxidation sites excluding steroid dienone is 3. The van der Waals surface area contributed by atoms with Gasteiger partial charge in [0, 0.05) is 13.0 Å². The minimum atomic E-state index is -0.477. The summed E-state index contributed by atoms with van der Waals surface area (Å²) < 4.78 is 15.5. The van der Waals surface area contributed by atoms with Gasteiger partial charge in [0.05, 0.1) is 19.8 Å². The van der Waals surface area contributed by atoms with Gasteiger partial charge < -0.3 is 19.9 Å². The molecule has 5 heteroatoms. The second-order valence-electron chi connectivity index (χ2n) is 3.39. The van der Waals surface area contributed by atoms with Crippen LogP contribution in [-0.2, 0) is 19.0 Å². The first-order chi connectivity index (χ1) is 8.66. The number of nitrogens with two attached hydrogens (primary N) is 1. The van der Waals surface area contributed by atoms with Gasteiger partial charge in [0.2, 0.25) is 5.91 Å². The van der Waals surface area contributed by atoms with Crippen molar-refractivity contribution in [1.82, 2.24) is 0 Å². The van der Waals surface area contributed by atoms with Gasteiger partial charge in [-0.1, -0.05) is 25.3 Å². The zero-order valence-electron chi connectivity index (χ0n) is 10.6. The highest BCUT2D eigenvalue weighted by Crippen LogP contribution is 1.97. The lowest BCUT2D eigenvalue weighted by molar-refractivity contribution is -0.123. The minimum absolute atomic E-state index is 0.0675. The molecule has 0 aromatic carbocycles. The van der Waals surface area contributed by atoms with Crippen molar-refractivity contribution in [1.29, 1.82) is 0 Å². The Morgan fingerprint density at radius 3 is 2.56 bits per heavy atom. The van der Waals surface area contributed by atoms with E-state index in [4.69, 9.17) is 19.9 Å². The molecule has 0 spiro atoms. The van der Waals surface area contributed by atoms with E-state index in [0.29, 0.717) is 32.2 Å². The standard InChI is InChI=1S/C13H21NO4/c1-3-4-6-12(2)18-8-5-7-16-9-10-17-11-13(14)15/h3-4,6H,1-2,5,7-11H2,(H2,14,15)/b6-4-. The highest BCUT2D eigenvalue weighted by atomic mass is 16.5. The Morgan fingerprint density at radius 2 is 1.89 bits per heavy atom. The molecule has 0 fully saturated rings. The van der Waals surface area contributed by atoms with Crippen molar-refractivity contribution in [3.05, 3.63) is 37.1 Å². The Balaban J connectivity index is 3.21. The van der Waals surface area contributed by atoms with E-state index in [0.717, 1.165) is 6.42 Å². The molecule has 1 amide bonds. The van der Waals surface area contributed by atoms with Crippen molar-refractivity contribution in [2.75, 3.05) is 33.0 Å². The molecule has 0 aromatic heterocycles. The highest BCUT2D eigenvalue weighted by Gasteiger charge is 1.94. The maximum Gasteiger partial charge on any atom is 0.243 e. The molecule has 0 aromatic rings. The van der Waals surface area contributed by atoms with Crippen molar-refractivity contribution in [3.63, 3.8) is 0 Å². The van der Waals surface area contributed by atoms with Crippen molar-refractivity contribution < 1.29 is 19.0 Å². The third kappa shape index (κ3) is 12.5. The number of carbonyl (C=O) groups is 1. The molecule has 0 atom stereocenters. The van der Waals surface area contributed by atoms with Crippen LogP contribution in [0.3, 0.4) is 0 Å². The van der Waals surface area contributed by atoms with Crippen LogP contribution in [0.2, 0.25) is 0 Å². The molecule has 0 saturated carbocycles. The van der Waals surface area contributed by atoms with E-state index in [1.807, 2.05) is 0 Å². The van der Waals surface area contributed by atoms with E-state index in [1.54, 1.807) is 18.2 Å². The fourth-order valence-corrected chi connectivity index (χ4v) is 0.980. The van der Waals surface area contributed by atoms with Gasteiger partial charge in [0.15, 0.2) is 0 Å². The van der Waals surface area contributed by atoms with Gasteiger partial charge in [0.1, 0.15) is 12.4 Å². The molecule has 18 heavy (non-hydrogen) atoms. The van der Waals surface area contributed by atoms with Gasteiger partial charge in [-0.05, 0) is 6.08 Å². The molecule has 0 aliphatic heterocycles. The summed E-state index contributed by atoms with van der Waals surface area (Å²) in [5.41, 5.74) is 4.89. The molecule has 0 heterocycles. The summed E-state index contributed by atoms with van der Waals surface area (Å²) in [6.07, 6.45) is 5.92. The molecular weight excluding hydrogens is 234 g/mol. The Bertz CT molecular complexity index is 287. The summed E-state index contributed by atoms with van der Waals surface area (Å²) in [6.45, 7) is 9.09. The summed E-state index contributed by atoms with van der Waals surface area (Å²) in [5.74, 6) is 0.120. The summed E-state index contributed by atoms with van der Waals surface area (Å²) >= 11 is 0. The highest BCUT2D eigenvalue weighted by molar-refractivity contribution is 5.74. The number of primary amides is 1. The van der Waals surface area contributed by atoms with Crippen LogP contribution in [0.1, 0.15) is 6.42 Å². The lowest BCUT2D eigenvalue weighted by Gasteiger charge is -2.06. The number of hydrogen-bond donors (Lipinski definition) is 1. The fraction of sp³-hybridized carbons (Fsp3) is 0.462. The topological polar surface area (TPSA) is 70.8 Å². The zero-order chi connectivity index (χ0) is 13.6. The van der Waals surface area contributed by atoms with Crippen LogP contribution in [0.25, 0.3) is 0 Å². The van der Waals surface area contributed by atoms with Crippen LogP contribution < -0.4 is 5.73 Å². The lowest BCUT2D eigenvalue weighted by atomic mass is 10.4. The second-order valence-corrected chi connectivity index (χ2v) is 3.39. The molecule has 0 aliphatic carbocycles. The molecule has 0 rings (SSSR count). The van der Waals surface area contributed by atoms with Crippen LogP contribution in [0.5, 0.6) is 0 Å². The first-order valence-corrected chi connectivity index (χ1v) is 5.71. The first-order valence-electron chi connectivity index (χ1n) is 5.71. The molecule has 0 unspecified atom stereocenters. The SMILES string of the molecule is C=C/C=C\C(=C)OCCCOCCOCC(N)=O. The largest absolute Gasteiger partial charge is 0.494 e. The van der Waals surface area contributed by atoms with Crippen molar-refractivity contribution in [2.24, 2.45) is 5.73 Å². The third-order valence-corrected chi connectivity index (χ3v) is 1.75. The quantitative estimate of drug-likeness (QED) is 0.323. The Hall–Kier alpha value is -1.59. The predicted octanol–water partition coefficient (Wildman–Crippen LogP) is 1.17. The van der Waals surface area contributed by atoms with E-state index < -0.39 is 5.91 Å². The lowest BCUT2D eigenvalue weighted by Crippen LogP contribution is -2.19. The van der Waals surface area contributed by atoms with Crippen LogP contribution in [0.4, 0.5) is 0 Å². The van der Waals surface area contributed by atoms with E-state index in [9.17, 15) is 4.79 Å². The average molecular weight is 255 g/mol. The summed E-state index contributed by atoms with van der Waals surface area (Å²) in [5, 5.41) is 0. The Kier molecular flexibility index (Phi) is 10.8. The number of carbonyl (C=O) groups excluding carboxylic acids is 1. The van der Waals surface area contributed by atoms with Gasteiger partial charge >= 0.3 is 0 Å². The smallest absolute Gasteiger partial charge is 0.243 e. The first kappa shape index (κ1) is 16.4.